The fourth-order valence-electron chi connectivity index (χ4n) is 4.89. The van der Waals surface area contributed by atoms with Crippen LogP contribution in [0.1, 0.15) is 48.9 Å². The number of aryl methyl sites for hydroxylation is 1. The number of nitrogens with one attached hydrogen (secondary N) is 1. The van der Waals surface area contributed by atoms with Crippen LogP contribution in [0.15, 0.2) is 72.8 Å². The van der Waals surface area contributed by atoms with E-state index in [1.54, 1.807) is 18.1 Å². The van der Waals surface area contributed by atoms with E-state index in [4.69, 9.17) is 4.74 Å². The third-order valence-electron chi connectivity index (χ3n) is 7.19. The molecule has 0 radical (unpaired) electrons. The monoisotopic (exact) mass is 593 g/mol. The van der Waals surface area contributed by atoms with Crippen molar-refractivity contribution >= 4 is 27.5 Å². The van der Waals surface area contributed by atoms with Crippen LogP contribution in [0.4, 0.5) is 5.69 Å². The smallest absolute Gasteiger partial charge is 0.243 e. The lowest BCUT2D eigenvalue weighted by atomic mass is 10.0. The molecule has 0 saturated carbocycles. The molecule has 3 aromatic carbocycles. The summed E-state index contributed by atoms with van der Waals surface area (Å²) in [5, 5.41) is 2.99. The van der Waals surface area contributed by atoms with E-state index in [9.17, 15) is 18.0 Å². The van der Waals surface area contributed by atoms with Crippen molar-refractivity contribution in [3.05, 3.63) is 95.1 Å². The molecule has 3 aromatic rings. The first-order valence-corrected chi connectivity index (χ1v) is 16.1. The topological polar surface area (TPSA) is 96.0 Å². The van der Waals surface area contributed by atoms with Gasteiger partial charge in [-0.25, -0.2) is 8.42 Å². The number of benzene rings is 3. The summed E-state index contributed by atoms with van der Waals surface area (Å²) in [6.07, 6.45) is 1.88. The Kier molecular flexibility index (Phi) is 11.6. The fraction of sp³-hybridized carbons (Fsp3) is 0.394. The van der Waals surface area contributed by atoms with Gasteiger partial charge in [-0.2, -0.15) is 0 Å². The highest BCUT2D eigenvalue weighted by atomic mass is 32.2. The Balaban J connectivity index is 1.92. The highest BCUT2D eigenvalue weighted by Gasteiger charge is 2.31. The normalized spacial score (nSPS) is 12.1. The quantitative estimate of drug-likeness (QED) is 0.283. The predicted octanol–water partition coefficient (Wildman–Crippen LogP) is 5.02. The summed E-state index contributed by atoms with van der Waals surface area (Å²) in [5.74, 6) is 0.189. The molecule has 0 aliphatic heterocycles. The molecule has 0 saturated heterocycles. The molecule has 0 heterocycles. The third kappa shape index (κ3) is 9.08. The van der Waals surface area contributed by atoms with Crippen LogP contribution < -0.4 is 14.4 Å². The molecule has 0 bridgehead atoms. The number of rotatable bonds is 14. The maximum atomic E-state index is 14.0. The van der Waals surface area contributed by atoms with Crippen molar-refractivity contribution in [3.63, 3.8) is 0 Å². The average molecular weight is 594 g/mol. The van der Waals surface area contributed by atoms with Gasteiger partial charge in [0.05, 0.1) is 19.1 Å². The van der Waals surface area contributed by atoms with E-state index in [0.29, 0.717) is 17.9 Å². The van der Waals surface area contributed by atoms with Gasteiger partial charge in [0.15, 0.2) is 0 Å². The maximum absolute atomic E-state index is 14.0. The van der Waals surface area contributed by atoms with E-state index in [0.717, 1.165) is 22.3 Å². The molecule has 9 heteroatoms. The Morgan fingerprint density at radius 2 is 1.60 bits per heavy atom. The Labute approximate surface area is 250 Å². The van der Waals surface area contributed by atoms with E-state index in [2.05, 4.69) is 5.32 Å². The Morgan fingerprint density at radius 3 is 2.24 bits per heavy atom. The van der Waals surface area contributed by atoms with Gasteiger partial charge < -0.3 is 15.0 Å². The number of ether oxygens (including phenoxy) is 1. The zero-order chi connectivity index (χ0) is 30.9. The van der Waals surface area contributed by atoms with Gasteiger partial charge in [0.2, 0.25) is 21.8 Å². The molecular formula is C33H43N3O5S. The molecule has 0 aromatic heterocycles. The van der Waals surface area contributed by atoms with Crippen molar-refractivity contribution in [2.75, 3.05) is 24.2 Å². The summed E-state index contributed by atoms with van der Waals surface area (Å²) in [6.45, 7) is 7.95. The minimum atomic E-state index is -3.59. The SMILES string of the molecule is COc1cccc(CN(C(=O)CCCN(c2cccc(C)c2C)S(C)(=O)=O)[C@H](Cc2ccccc2)C(=O)NC(C)C)c1. The van der Waals surface area contributed by atoms with Crippen molar-refractivity contribution < 1.29 is 22.7 Å². The highest BCUT2D eigenvalue weighted by Crippen LogP contribution is 2.26. The molecule has 0 fully saturated rings. The first kappa shape index (κ1) is 32.7. The van der Waals surface area contributed by atoms with Gasteiger partial charge in [0.25, 0.3) is 0 Å². The maximum Gasteiger partial charge on any atom is 0.243 e. The first-order chi connectivity index (χ1) is 19.9. The van der Waals surface area contributed by atoms with Crippen LogP contribution in [0.5, 0.6) is 5.75 Å². The first-order valence-electron chi connectivity index (χ1n) is 14.2. The lowest BCUT2D eigenvalue weighted by Gasteiger charge is -2.32. The van der Waals surface area contributed by atoms with Crippen LogP contribution in [-0.4, -0.2) is 57.1 Å². The van der Waals surface area contributed by atoms with Crippen LogP contribution in [0.2, 0.25) is 0 Å². The fourth-order valence-corrected chi connectivity index (χ4v) is 5.91. The van der Waals surface area contributed by atoms with Gasteiger partial charge in [0.1, 0.15) is 11.8 Å². The highest BCUT2D eigenvalue weighted by molar-refractivity contribution is 7.92. The average Bonchev–Trinajstić information content (AvgIpc) is 2.94. The van der Waals surface area contributed by atoms with Gasteiger partial charge in [-0.05, 0) is 74.6 Å². The molecule has 1 N–H and O–H groups in total. The molecule has 0 aliphatic rings. The second-order valence-electron chi connectivity index (χ2n) is 10.9. The van der Waals surface area contributed by atoms with Crippen LogP contribution in [-0.2, 0) is 32.6 Å². The minimum Gasteiger partial charge on any atom is -0.497 e. The van der Waals surface area contributed by atoms with E-state index < -0.39 is 16.1 Å². The number of hydrogen-bond acceptors (Lipinski definition) is 5. The van der Waals surface area contributed by atoms with Gasteiger partial charge in [-0.1, -0.05) is 54.6 Å². The number of amides is 2. The molecule has 0 spiro atoms. The molecule has 3 rings (SSSR count). The number of methoxy groups -OCH3 is 1. The van der Waals surface area contributed by atoms with Crippen molar-refractivity contribution in [1.82, 2.24) is 10.2 Å². The van der Waals surface area contributed by atoms with E-state index in [-0.39, 0.29) is 43.8 Å². The largest absolute Gasteiger partial charge is 0.497 e. The van der Waals surface area contributed by atoms with E-state index >= 15 is 0 Å². The summed E-state index contributed by atoms with van der Waals surface area (Å²) in [5.41, 5.74) is 4.23. The number of sulfonamides is 1. The molecule has 8 nitrogen and oxygen atoms in total. The molecule has 42 heavy (non-hydrogen) atoms. The molecule has 2 amide bonds. The van der Waals surface area contributed by atoms with Crippen molar-refractivity contribution in [3.8, 4) is 5.75 Å². The summed E-state index contributed by atoms with van der Waals surface area (Å²) in [6, 6.07) is 21.7. The molecule has 0 aliphatic carbocycles. The summed E-state index contributed by atoms with van der Waals surface area (Å²) in [4.78, 5) is 29.1. The second-order valence-corrected chi connectivity index (χ2v) is 12.8. The zero-order valence-corrected chi connectivity index (χ0v) is 26.3. The number of hydrogen-bond donors (Lipinski definition) is 1. The molecular weight excluding hydrogens is 550 g/mol. The minimum absolute atomic E-state index is 0.0705. The molecule has 1 atom stereocenters. The zero-order valence-electron chi connectivity index (χ0n) is 25.5. The lowest BCUT2D eigenvalue weighted by molar-refractivity contribution is -0.141. The second kappa shape index (κ2) is 14.9. The summed E-state index contributed by atoms with van der Waals surface area (Å²) >= 11 is 0. The van der Waals surface area contributed by atoms with Gasteiger partial charge in [-0.3, -0.25) is 13.9 Å². The Bertz CT molecular complexity index is 1460. The Morgan fingerprint density at radius 1 is 0.929 bits per heavy atom. The number of nitrogens with zero attached hydrogens (tertiary/aromatic N) is 2. The number of carbonyl (C=O) groups is 2. The Hall–Kier alpha value is -3.85. The molecule has 0 unspecified atom stereocenters. The van der Waals surface area contributed by atoms with Gasteiger partial charge in [-0.15, -0.1) is 0 Å². The van der Waals surface area contributed by atoms with Crippen LogP contribution in [0.25, 0.3) is 0 Å². The van der Waals surface area contributed by atoms with Crippen molar-refractivity contribution in [1.29, 1.82) is 0 Å². The van der Waals surface area contributed by atoms with Crippen molar-refractivity contribution in [2.45, 2.75) is 65.6 Å². The van der Waals surface area contributed by atoms with Crippen LogP contribution in [0.3, 0.4) is 0 Å². The molecule has 226 valence electrons. The third-order valence-corrected chi connectivity index (χ3v) is 8.37. The summed E-state index contributed by atoms with van der Waals surface area (Å²) < 4.78 is 32.3. The van der Waals surface area contributed by atoms with Gasteiger partial charge >= 0.3 is 0 Å². The standard InChI is InChI=1S/C33H43N3O5S/c1-24(2)34-33(38)31(22-27-14-8-7-9-15-27)35(23-28-16-11-17-29(21-28)41-5)32(37)19-12-20-36(42(6,39)40)30-18-10-13-25(3)26(30)4/h7-11,13-18,21,24,31H,12,19-20,22-23H2,1-6H3,(H,34,38)/t31-/m1/s1. The predicted molar refractivity (Wildman–Crippen MR) is 168 cm³/mol. The van der Waals surface area contributed by atoms with Crippen molar-refractivity contribution in [2.24, 2.45) is 0 Å². The summed E-state index contributed by atoms with van der Waals surface area (Å²) in [7, 11) is -2.00. The number of anilines is 1. The van der Waals surface area contributed by atoms with Gasteiger partial charge in [0, 0.05) is 32.0 Å². The van der Waals surface area contributed by atoms with E-state index in [1.165, 1.54) is 10.6 Å². The van der Waals surface area contributed by atoms with Crippen LogP contribution in [0, 0.1) is 13.8 Å². The van der Waals surface area contributed by atoms with E-state index in [1.807, 2.05) is 94.4 Å². The van der Waals surface area contributed by atoms with Crippen LogP contribution >= 0.6 is 0 Å². The lowest BCUT2D eigenvalue weighted by Crippen LogP contribution is -2.51. The number of carbonyl (C=O) groups excluding carboxylic acids is 2.